The van der Waals surface area contributed by atoms with Crippen LogP contribution in [0, 0.1) is 5.82 Å². The molecule has 0 heterocycles. The highest BCUT2D eigenvalue weighted by atomic mass is 32.2. The van der Waals surface area contributed by atoms with Crippen LogP contribution < -0.4 is 19.1 Å². The van der Waals surface area contributed by atoms with Gasteiger partial charge in [0.1, 0.15) is 29.9 Å². The van der Waals surface area contributed by atoms with Crippen LogP contribution in [0.15, 0.2) is 42.5 Å². The van der Waals surface area contributed by atoms with Gasteiger partial charge in [-0.25, -0.2) is 12.8 Å². The number of nitrogens with one attached hydrogen (secondary N) is 1. The summed E-state index contributed by atoms with van der Waals surface area (Å²) < 4.78 is 51.6. The van der Waals surface area contributed by atoms with Crippen molar-refractivity contribution in [3.05, 3.63) is 53.8 Å². The van der Waals surface area contributed by atoms with E-state index in [1.165, 1.54) is 49.5 Å². The molecule has 1 fully saturated rings. The van der Waals surface area contributed by atoms with Crippen molar-refractivity contribution in [2.24, 2.45) is 0 Å². The fraction of sp³-hybridized carbons (Fsp3) is 0.462. The minimum absolute atomic E-state index is 0.0222. The highest BCUT2D eigenvalue weighted by Crippen LogP contribution is 2.34. The molecule has 2 amide bonds. The van der Waals surface area contributed by atoms with Gasteiger partial charge in [-0.2, -0.15) is 0 Å². The summed E-state index contributed by atoms with van der Waals surface area (Å²) in [5.41, 5.74) is 0.313. The van der Waals surface area contributed by atoms with E-state index in [0.29, 0.717) is 5.75 Å². The summed E-state index contributed by atoms with van der Waals surface area (Å²) >= 11 is 0. The van der Waals surface area contributed by atoms with Crippen molar-refractivity contribution in [2.45, 2.75) is 51.2 Å². The molecule has 0 spiro atoms. The maximum Gasteiger partial charge on any atom is 0.244 e. The fourth-order valence-corrected chi connectivity index (χ4v) is 5.22. The van der Waals surface area contributed by atoms with Gasteiger partial charge in [0.25, 0.3) is 0 Å². The van der Waals surface area contributed by atoms with E-state index >= 15 is 0 Å². The zero-order valence-electron chi connectivity index (χ0n) is 21.6. The molecule has 11 heteroatoms. The standard InChI is InChI=1S/C26H34FN3O6S/c1-18(26(32)28-20-10-6-7-11-20)29(16-19-9-5-8-12-22(19)27)25(31)17-30(37(4,33)34)23-15-21(35-2)13-14-24(23)36-3/h5,8-9,12-15,18,20H,6-7,10-11,16-17H2,1-4H3,(H,28,32). The second-order valence-corrected chi connectivity index (χ2v) is 11.0. The first-order chi connectivity index (χ1) is 17.5. The van der Waals surface area contributed by atoms with E-state index in [4.69, 9.17) is 9.47 Å². The molecule has 1 N–H and O–H groups in total. The summed E-state index contributed by atoms with van der Waals surface area (Å²) in [6, 6.07) is 9.59. The summed E-state index contributed by atoms with van der Waals surface area (Å²) in [6.07, 6.45) is 4.72. The predicted octanol–water partition coefficient (Wildman–Crippen LogP) is 3.09. The van der Waals surface area contributed by atoms with E-state index in [9.17, 15) is 22.4 Å². The molecule has 1 aliphatic rings. The number of ether oxygens (including phenoxy) is 2. The predicted molar refractivity (Wildman–Crippen MR) is 139 cm³/mol. The lowest BCUT2D eigenvalue weighted by molar-refractivity contribution is -0.139. The Kier molecular flexibility index (Phi) is 9.36. The SMILES string of the molecule is COc1ccc(OC)c(N(CC(=O)N(Cc2ccccc2F)C(C)C(=O)NC2CCCC2)S(C)(=O)=O)c1. The van der Waals surface area contributed by atoms with Crippen molar-refractivity contribution < 1.29 is 31.9 Å². The zero-order valence-corrected chi connectivity index (χ0v) is 22.4. The highest BCUT2D eigenvalue weighted by Gasteiger charge is 2.32. The third-order valence-corrected chi connectivity index (χ3v) is 7.63. The van der Waals surface area contributed by atoms with Crippen LogP contribution >= 0.6 is 0 Å². The Morgan fingerprint density at radius 3 is 2.38 bits per heavy atom. The van der Waals surface area contributed by atoms with E-state index in [1.54, 1.807) is 19.1 Å². The van der Waals surface area contributed by atoms with Gasteiger partial charge in [-0.05, 0) is 38.0 Å². The number of halogens is 1. The van der Waals surface area contributed by atoms with Crippen LogP contribution in [-0.2, 0) is 26.2 Å². The molecule has 2 aromatic rings. The maximum atomic E-state index is 14.5. The summed E-state index contributed by atoms with van der Waals surface area (Å²) in [7, 11) is -1.16. The van der Waals surface area contributed by atoms with Crippen molar-refractivity contribution in [3.8, 4) is 11.5 Å². The Morgan fingerprint density at radius 1 is 1.11 bits per heavy atom. The van der Waals surface area contributed by atoms with Crippen molar-refractivity contribution in [3.63, 3.8) is 0 Å². The average molecular weight is 536 g/mol. The van der Waals surface area contributed by atoms with Crippen LogP contribution in [0.2, 0.25) is 0 Å². The van der Waals surface area contributed by atoms with Gasteiger partial charge in [-0.3, -0.25) is 13.9 Å². The van der Waals surface area contributed by atoms with Crippen LogP contribution in [0.1, 0.15) is 38.2 Å². The summed E-state index contributed by atoms with van der Waals surface area (Å²) in [4.78, 5) is 28.0. The quantitative estimate of drug-likeness (QED) is 0.474. The molecule has 0 bridgehead atoms. The average Bonchev–Trinajstić information content (AvgIpc) is 3.38. The molecule has 9 nitrogen and oxygen atoms in total. The van der Waals surface area contributed by atoms with Gasteiger partial charge in [-0.15, -0.1) is 0 Å². The Bertz CT molecular complexity index is 1220. The van der Waals surface area contributed by atoms with Crippen LogP contribution in [-0.4, -0.2) is 64.2 Å². The topological polar surface area (TPSA) is 105 Å². The summed E-state index contributed by atoms with van der Waals surface area (Å²) in [5.74, 6) is -0.997. The number of carbonyl (C=O) groups is 2. The number of hydrogen-bond donors (Lipinski definition) is 1. The number of carbonyl (C=O) groups excluding carboxylic acids is 2. The molecule has 0 aliphatic heterocycles. The highest BCUT2D eigenvalue weighted by molar-refractivity contribution is 7.92. The molecule has 1 atom stereocenters. The zero-order chi connectivity index (χ0) is 27.2. The second-order valence-electron chi connectivity index (χ2n) is 9.09. The third-order valence-electron chi connectivity index (χ3n) is 6.50. The molecule has 202 valence electrons. The molecule has 1 aliphatic carbocycles. The van der Waals surface area contributed by atoms with Crippen molar-refractivity contribution in [1.29, 1.82) is 0 Å². The molecular formula is C26H34FN3O6S. The molecule has 2 aromatic carbocycles. The number of anilines is 1. The first kappa shape index (κ1) is 28.2. The number of hydrogen-bond acceptors (Lipinski definition) is 6. The van der Waals surface area contributed by atoms with Gasteiger partial charge in [-0.1, -0.05) is 31.0 Å². The maximum absolute atomic E-state index is 14.5. The van der Waals surface area contributed by atoms with Crippen molar-refractivity contribution in [1.82, 2.24) is 10.2 Å². The molecule has 0 radical (unpaired) electrons. The lowest BCUT2D eigenvalue weighted by Crippen LogP contribution is -2.52. The molecule has 37 heavy (non-hydrogen) atoms. The molecule has 3 rings (SSSR count). The van der Waals surface area contributed by atoms with Crippen molar-refractivity contribution >= 4 is 27.5 Å². The lowest BCUT2D eigenvalue weighted by Gasteiger charge is -2.32. The first-order valence-electron chi connectivity index (χ1n) is 12.1. The van der Waals surface area contributed by atoms with E-state index in [2.05, 4.69) is 5.32 Å². The van der Waals surface area contributed by atoms with Crippen molar-refractivity contribution in [2.75, 3.05) is 31.3 Å². The van der Waals surface area contributed by atoms with E-state index in [0.717, 1.165) is 36.2 Å². The second kappa shape index (κ2) is 12.3. The number of benzene rings is 2. The Morgan fingerprint density at radius 2 is 1.78 bits per heavy atom. The van der Waals surface area contributed by atoms with E-state index < -0.39 is 34.3 Å². The number of sulfonamides is 1. The molecular weight excluding hydrogens is 501 g/mol. The minimum atomic E-state index is -3.97. The van der Waals surface area contributed by atoms with E-state index in [-0.39, 0.29) is 35.5 Å². The number of rotatable bonds is 11. The summed E-state index contributed by atoms with van der Waals surface area (Å²) in [5, 5.41) is 2.97. The van der Waals surface area contributed by atoms with Crippen LogP contribution in [0.4, 0.5) is 10.1 Å². The minimum Gasteiger partial charge on any atom is -0.497 e. The Labute approximate surface area is 217 Å². The molecule has 1 saturated carbocycles. The van der Waals surface area contributed by atoms with Crippen LogP contribution in [0.25, 0.3) is 0 Å². The Hall–Kier alpha value is -3.34. The van der Waals surface area contributed by atoms with Gasteiger partial charge < -0.3 is 19.7 Å². The van der Waals surface area contributed by atoms with Crippen LogP contribution in [0.5, 0.6) is 11.5 Å². The molecule has 0 aromatic heterocycles. The number of nitrogens with zero attached hydrogens (tertiary/aromatic N) is 2. The first-order valence-corrected chi connectivity index (χ1v) is 13.9. The van der Waals surface area contributed by atoms with E-state index in [1.807, 2.05) is 0 Å². The van der Waals surface area contributed by atoms with Gasteiger partial charge in [0.05, 0.1) is 26.2 Å². The number of amides is 2. The van der Waals surface area contributed by atoms with Gasteiger partial charge in [0, 0.05) is 24.2 Å². The monoisotopic (exact) mass is 535 g/mol. The smallest absolute Gasteiger partial charge is 0.244 e. The Balaban J connectivity index is 1.95. The fourth-order valence-electron chi connectivity index (χ4n) is 4.37. The molecule has 1 unspecified atom stereocenters. The number of methoxy groups -OCH3 is 2. The third kappa shape index (κ3) is 7.12. The van der Waals surface area contributed by atoms with Crippen LogP contribution in [0.3, 0.4) is 0 Å². The lowest BCUT2D eigenvalue weighted by atomic mass is 10.1. The normalized spacial score (nSPS) is 14.6. The van der Waals surface area contributed by atoms with Gasteiger partial charge in [0.2, 0.25) is 21.8 Å². The van der Waals surface area contributed by atoms with Gasteiger partial charge >= 0.3 is 0 Å². The summed E-state index contributed by atoms with van der Waals surface area (Å²) in [6.45, 7) is 0.718. The largest absolute Gasteiger partial charge is 0.497 e. The molecule has 0 saturated heterocycles. The van der Waals surface area contributed by atoms with Gasteiger partial charge in [0.15, 0.2) is 0 Å².